The lowest BCUT2D eigenvalue weighted by atomic mass is 10.0. The molecule has 0 heterocycles. The van der Waals surface area contributed by atoms with Crippen molar-refractivity contribution >= 4 is 50.7 Å². The number of hydrogen-bond acceptors (Lipinski definition) is 4. The number of nitrogens with one attached hydrogen (secondary N) is 1. The van der Waals surface area contributed by atoms with Gasteiger partial charge in [0, 0.05) is 35.6 Å². The average molecular weight is 643 g/mol. The molecule has 0 fully saturated rings. The third kappa shape index (κ3) is 7.73. The van der Waals surface area contributed by atoms with Crippen molar-refractivity contribution in [3.8, 4) is 0 Å². The Labute approximate surface area is 260 Å². The molecule has 4 rings (SSSR count). The molecule has 224 valence electrons. The predicted molar refractivity (Wildman–Crippen MR) is 167 cm³/mol. The number of aryl methyl sites for hydroxylation is 1. The van der Waals surface area contributed by atoms with Gasteiger partial charge >= 0.3 is 0 Å². The fraction of sp³-hybridized carbons (Fsp3) is 0.188. The van der Waals surface area contributed by atoms with Crippen LogP contribution < -0.4 is 9.62 Å². The van der Waals surface area contributed by atoms with Gasteiger partial charge < -0.3 is 10.2 Å². The number of benzene rings is 4. The maximum atomic E-state index is 14.3. The first-order chi connectivity index (χ1) is 20.5. The molecule has 0 aliphatic carbocycles. The number of likely N-dealkylation sites (N-methyl/N-ethyl adjacent to an activating group) is 1. The number of rotatable bonds is 11. The van der Waals surface area contributed by atoms with Crippen molar-refractivity contribution in [3.05, 3.63) is 130 Å². The van der Waals surface area contributed by atoms with E-state index in [0.717, 1.165) is 39.7 Å². The maximum Gasteiger partial charge on any atom is 0.264 e. The van der Waals surface area contributed by atoms with Gasteiger partial charge in [0.1, 0.15) is 18.4 Å². The van der Waals surface area contributed by atoms with Crippen LogP contribution in [0.15, 0.2) is 102 Å². The quantitative estimate of drug-likeness (QED) is 0.217. The van der Waals surface area contributed by atoms with Crippen molar-refractivity contribution in [3.63, 3.8) is 0 Å². The molecule has 0 saturated heterocycles. The molecule has 0 aliphatic heterocycles. The van der Waals surface area contributed by atoms with Crippen LogP contribution >= 0.6 is 23.2 Å². The van der Waals surface area contributed by atoms with Crippen LogP contribution in [0.2, 0.25) is 10.0 Å². The minimum atomic E-state index is -4.35. The number of hydrogen-bond donors (Lipinski definition) is 1. The Kier molecular flexibility index (Phi) is 10.4. The van der Waals surface area contributed by atoms with Gasteiger partial charge in [0.2, 0.25) is 11.8 Å². The van der Waals surface area contributed by atoms with E-state index in [4.69, 9.17) is 23.2 Å². The van der Waals surface area contributed by atoms with Gasteiger partial charge in [-0.3, -0.25) is 13.9 Å². The summed E-state index contributed by atoms with van der Waals surface area (Å²) >= 11 is 13.0. The van der Waals surface area contributed by atoms with Crippen molar-refractivity contribution in [2.75, 3.05) is 17.9 Å². The summed E-state index contributed by atoms with van der Waals surface area (Å²) in [7, 11) is -2.88. The number of anilines is 1. The molecule has 7 nitrogen and oxygen atoms in total. The van der Waals surface area contributed by atoms with Crippen LogP contribution in [-0.2, 0) is 32.6 Å². The lowest BCUT2D eigenvalue weighted by Crippen LogP contribution is -2.53. The second kappa shape index (κ2) is 14.0. The highest BCUT2D eigenvalue weighted by Gasteiger charge is 2.35. The van der Waals surface area contributed by atoms with E-state index < -0.39 is 40.2 Å². The van der Waals surface area contributed by atoms with Crippen LogP contribution in [0.5, 0.6) is 0 Å². The van der Waals surface area contributed by atoms with Crippen LogP contribution in [0.4, 0.5) is 10.1 Å². The highest BCUT2D eigenvalue weighted by atomic mass is 35.5. The van der Waals surface area contributed by atoms with E-state index in [1.807, 2.05) is 37.3 Å². The van der Waals surface area contributed by atoms with Crippen molar-refractivity contribution in [2.24, 2.45) is 0 Å². The normalized spacial score (nSPS) is 11.9. The SMILES string of the molecule is CNC(=O)[C@H](Cc1ccccc1)N(Cc1c(Cl)cccc1Cl)C(=O)CN(c1ccc(C)cc1)S(=O)(=O)c1ccc(F)cc1. The smallest absolute Gasteiger partial charge is 0.264 e. The zero-order chi connectivity index (χ0) is 31.1. The summed E-state index contributed by atoms with van der Waals surface area (Å²) in [4.78, 5) is 28.7. The minimum Gasteiger partial charge on any atom is -0.357 e. The fourth-order valence-corrected chi connectivity index (χ4v) is 6.48. The Hall–Kier alpha value is -3.92. The van der Waals surface area contributed by atoms with Gasteiger partial charge in [-0.25, -0.2) is 12.8 Å². The summed E-state index contributed by atoms with van der Waals surface area (Å²) in [6.07, 6.45) is 0.142. The second-order valence-electron chi connectivity index (χ2n) is 9.84. The topological polar surface area (TPSA) is 86.8 Å². The second-order valence-corrected chi connectivity index (χ2v) is 12.5. The monoisotopic (exact) mass is 641 g/mol. The molecule has 43 heavy (non-hydrogen) atoms. The van der Waals surface area contributed by atoms with Gasteiger partial charge in [0.05, 0.1) is 10.6 Å². The van der Waals surface area contributed by atoms with E-state index >= 15 is 0 Å². The van der Waals surface area contributed by atoms with Gasteiger partial charge in [-0.1, -0.05) is 77.3 Å². The Morgan fingerprint density at radius 1 is 0.860 bits per heavy atom. The van der Waals surface area contributed by atoms with Crippen molar-refractivity contribution in [2.45, 2.75) is 30.8 Å². The van der Waals surface area contributed by atoms with E-state index in [1.54, 1.807) is 42.5 Å². The number of nitrogens with zero attached hydrogens (tertiary/aromatic N) is 2. The van der Waals surface area contributed by atoms with Gasteiger partial charge in [-0.2, -0.15) is 0 Å². The molecule has 0 unspecified atom stereocenters. The van der Waals surface area contributed by atoms with Crippen LogP contribution in [0.3, 0.4) is 0 Å². The predicted octanol–water partition coefficient (Wildman–Crippen LogP) is 6.02. The van der Waals surface area contributed by atoms with E-state index in [2.05, 4.69) is 5.32 Å². The van der Waals surface area contributed by atoms with Gasteiger partial charge in [0.25, 0.3) is 10.0 Å². The van der Waals surface area contributed by atoms with Gasteiger partial charge in [0.15, 0.2) is 0 Å². The molecule has 0 saturated carbocycles. The number of carbonyl (C=O) groups excluding carboxylic acids is 2. The lowest BCUT2D eigenvalue weighted by molar-refractivity contribution is -0.139. The molecular weight excluding hydrogens is 612 g/mol. The summed E-state index contributed by atoms with van der Waals surface area (Å²) in [6, 6.07) is 24.0. The summed E-state index contributed by atoms with van der Waals surface area (Å²) in [5, 5.41) is 3.20. The molecule has 4 aromatic rings. The van der Waals surface area contributed by atoms with Crippen molar-refractivity contribution < 1.29 is 22.4 Å². The zero-order valence-electron chi connectivity index (χ0n) is 23.5. The molecule has 0 bridgehead atoms. The number of halogens is 3. The highest BCUT2D eigenvalue weighted by Crippen LogP contribution is 2.29. The molecule has 1 N–H and O–H groups in total. The van der Waals surface area contributed by atoms with Crippen molar-refractivity contribution in [1.29, 1.82) is 0 Å². The molecule has 11 heteroatoms. The van der Waals surface area contributed by atoms with Gasteiger partial charge in [-0.15, -0.1) is 0 Å². The Balaban J connectivity index is 1.81. The zero-order valence-corrected chi connectivity index (χ0v) is 25.8. The van der Waals surface area contributed by atoms with E-state index in [0.29, 0.717) is 5.56 Å². The van der Waals surface area contributed by atoms with E-state index in [9.17, 15) is 22.4 Å². The Morgan fingerprint density at radius 3 is 2.05 bits per heavy atom. The van der Waals surface area contributed by atoms with Crippen LogP contribution in [0.25, 0.3) is 0 Å². The largest absolute Gasteiger partial charge is 0.357 e. The van der Waals surface area contributed by atoms with Gasteiger partial charge in [-0.05, 0) is 61.0 Å². The molecule has 0 aromatic heterocycles. The molecule has 0 radical (unpaired) electrons. The van der Waals surface area contributed by atoms with Crippen LogP contribution in [0, 0.1) is 12.7 Å². The molecule has 4 aromatic carbocycles. The Bertz CT molecular complexity index is 1670. The number of carbonyl (C=O) groups is 2. The third-order valence-electron chi connectivity index (χ3n) is 6.91. The first kappa shape index (κ1) is 32.0. The van der Waals surface area contributed by atoms with E-state index in [1.165, 1.54) is 11.9 Å². The first-order valence-electron chi connectivity index (χ1n) is 13.3. The standard InChI is InChI=1S/C32H30Cl2FN3O4S/c1-22-11-15-25(16-12-22)38(43(41,42)26-17-13-24(35)14-18-26)21-31(39)37(20-27-28(33)9-6-10-29(27)34)30(32(40)36-2)19-23-7-4-3-5-8-23/h3-18,30H,19-21H2,1-2H3,(H,36,40)/t30-/m0/s1. The minimum absolute atomic E-state index is 0.142. The van der Waals surface area contributed by atoms with Crippen molar-refractivity contribution in [1.82, 2.24) is 10.2 Å². The highest BCUT2D eigenvalue weighted by molar-refractivity contribution is 7.92. The van der Waals surface area contributed by atoms with Crippen LogP contribution in [0.1, 0.15) is 16.7 Å². The molecule has 0 spiro atoms. The summed E-state index contributed by atoms with van der Waals surface area (Å²) in [6.45, 7) is 1.02. The molecule has 1 atom stereocenters. The Morgan fingerprint density at radius 2 is 1.47 bits per heavy atom. The van der Waals surface area contributed by atoms with E-state index in [-0.39, 0.29) is 33.6 Å². The fourth-order valence-electron chi connectivity index (χ4n) is 4.55. The van der Waals surface area contributed by atoms with Crippen LogP contribution in [-0.4, -0.2) is 44.8 Å². The third-order valence-corrected chi connectivity index (χ3v) is 9.41. The summed E-state index contributed by atoms with van der Waals surface area (Å²) < 4.78 is 42.5. The molecule has 0 aliphatic rings. The maximum absolute atomic E-state index is 14.3. The average Bonchev–Trinajstić information content (AvgIpc) is 2.99. The molecule has 2 amide bonds. The number of sulfonamides is 1. The summed E-state index contributed by atoms with van der Waals surface area (Å²) in [5.41, 5.74) is 2.29. The lowest BCUT2D eigenvalue weighted by Gasteiger charge is -2.34. The summed E-state index contributed by atoms with van der Waals surface area (Å²) in [5.74, 6) is -1.73. The first-order valence-corrected chi connectivity index (χ1v) is 15.5. The molecular formula is C32H30Cl2FN3O4S. The number of amides is 2.